The molecule has 0 unspecified atom stereocenters. The van der Waals surface area contributed by atoms with Crippen LogP contribution in [-0.2, 0) is 0 Å². The van der Waals surface area contributed by atoms with Crippen molar-refractivity contribution in [2.75, 3.05) is 0 Å². The van der Waals surface area contributed by atoms with Crippen LogP contribution in [0.1, 0.15) is 0 Å². The molecule has 0 N–H and O–H groups in total. The number of hydrogen-bond acceptors (Lipinski definition) is 4. The quantitative estimate of drug-likeness (QED) is 0.176. The fourth-order valence-electron chi connectivity index (χ4n) is 8.44. The SMILES string of the molecule is c1cc(-c2cccc(-c3ccc4sc5ccccc5c4c3)c2)cc(-c2ccc3oc4ncc(-c5cccc(-c6ccc7oc8ccccc8c7c6)c5)cc4c3c2)c1. The van der Waals surface area contributed by atoms with E-state index in [-0.39, 0.29) is 0 Å². The van der Waals surface area contributed by atoms with Crippen LogP contribution >= 0.6 is 11.3 Å². The van der Waals surface area contributed by atoms with E-state index in [0.29, 0.717) is 5.71 Å². The number of thiophene rings is 1. The summed E-state index contributed by atoms with van der Waals surface area (Å²) in [6.07, 6.45) is 1.91. The molecule has 57 heavy (non-hydrogen) atoms. The Hall–Kier alpha value is -7.27. The topological polar surface area (TPSA) is 39.2 Å². The molecule has 4 heterocycles. The van der Waals surface area contributed by atoms with E-state index in [1.165, 1.54) is 42.4 Å². The summed E-state index contributed by atoms with van der Waals surface area (Å²) in [5.41, 5.74) is 14.8. The highest BCUT2D eigenvalue weighted by Crippen LogP contribution is 2.39. The van der Waals surface area contributed by atoms with Gasteiger partial charge in [-0.2, -0.15) is 0 Å². The normalized spacial score (nSPS) is 11.9. The number of rotatable bonds is 5. The highest BCUT2D eigenvalue weighted by molar-refractivity contribution is 7.25. The number of nitrogens with zero attached hydrogens (tertiary/aromatic N) is 1. The molecule has 0 fully saturated rings. The van der Waals surface area contributed by atoms with Crippen LogP contribution in [0, 0.1) is 0 Å². The summed E-state index contributed by atoms with van der Waals surface area (Å²) in [5.74, 6) is 0. The summed E-state index contributed by atoms with van der Waals surface area (Å²) in [4.78, 5) is 4.80. The van der Waals surface area contributed by atoms with Crippen LogP contribution in [0.5, 0.6) is 0 Å². The zero-order valence-corrected chi connectivity index (χ0v) is 31.4. The lowest BCUT2D eigenvalue weighted by Gasteiger charge is -2.09. The van der Waals surface area contributed by atoms with Crippen LogP contribution in [0.4, 0.5) is 0 Å². The van der Waals surface area contributed by atoms with Gasteiger partial charge in [-0.25, -0.2) is 4.98 Å². The Kier molecular flexibility index (Phi) is 7.10. The number of para-hydroxylation sites is 1. The molecular weight excluding hydrogens is 715 g/mol. The van der Waals surface area contributed by atoms with Crippen molar-refractivity contribution in [1.82, 2.24) is 4.98 Å². The first kappa shape index (κ1) is 32.0. The van der Waals surface area contributed by atoms with Crippen LogP contribution in [0.3, 0.4) is 0 Å². The van der Waals surface area contributed by atoms with Gasteiger partial charge in [-0.3, -0.25) is 0 Å². The Morgan fingerprint density at radius 1 is 0.298 bits per heavy atom. The fraction of sp³-hybridized carbons (Fsp3) is 0. The summed E-state index contributed by atoms with van der Waals surface area (Å²) in [7, 11) is 0. The zero-order valence-electron chi connectivity index (χ0n) is 30.6. The minimum absolute atomic E-state index is 0.638. The first-order valence-corrected chi connectivity index (χ1v) is 20.0. The minimum atomic E-state index is 0.638. The van der Waals surface area contributed by atoms with Crippen LogP contribution in [0.25, 0.3) is 120 Å². The standard InChI is InChI=1S/C53H31NO2S/c1-3-16-48-42(14-1)44-27-38(18-21-49(44)55-48)36-12-7-13-37(26-36)41-30-47-45-28-39(19-22-50(45)56-53(47)54-31-41)34-10-5-8-32(24-34)33-9-6-11-35(25-33)40-20-23-52-46(29-40)43-15-2-4-17-51(43)57-52/h1-31H. The summed E-state index contributed by atoms with van der Waals surface area (Å²) in [6.45, 7) is 0. The Balaban J connectivity index is 0.881. The summed E-state index contributed by atoms with van der Waals surface area (Å²) in [5, 5.41) is 6.94. The van der Waals surface area contributed by atoms with Gasteiger partial charge in [-0.05, 0) is 123 Å². The second kappa shape index (κ2) is 12.6. The van der Waals surface area contributed by atoms with Gasteiger partial charge < -0.3 is 8.83 Å². The molecule has 4 heteroatoms. The van der Waals surface area contributed by atoms with Crippen molar-refractivity contribution in [3.63, 3.8) is 0 Å². The molecule has 12 aromatic rings. The first-order valence-electron chi connectivity index (χ1n) is 19.2. The molecule has 266 valence electrons. The van der Waals surface area contributed by atoms with Gasteiger partial charge in [-0.1, -0.05) is 109 Å². The molecule has 0 aliphatic heterocycles. The largest absolute Gasteiger partial charge is 0.456 e. The number of pyridine rings is 1. The lowest BCUT2D eigenvalue weighted by Crippen LogP contribution is -1.84. The van der Waals surface area contributed by atoms with Crippen molar-refractivity contribution >= 4 is 75.5 Å². The van der Waals surface area contributed by atoms with E-state index in [2.05, 4.69) is 170 Å². The van der Waals surface area contributed by atoms with Gasteiger partial charge in [0.1, 0.15) is 16.7 Å². The van der Waals surface area contributed by atoms with Crippen LogP contribution in [0.15, 0.2) is 197 Å². The zero-order chi connectivity index (χ0) is 37.5. The van der Waals surface area contributed by atoms with Crippen LogP contribution < -0.4 is 0 Å². The van der Waals surface area contributed by atoms with Crippen molar-refractivity contribution in [2.24, 2.45) is 0 Å². The summed E-state index contributed by atoms with van der Waals surface area (Å²) in [6, 6.07) is 65.2. The third kappa shape index (κ3) is 5.37. The highest BCUT2D eigenvalue weighted by atomic mass is 32.1. The third-order valence-corrected chi connectivity index (χ3v) is 12.5. The number of aromatic nitrogens is 1. The van der Waals surface area contributed by atoms with Crippen molar-refractivity contribution < 1.29 is 8.83 Å². The summed E-state index contributed by atoms with van der Waals surface area (Å²) >= 11 is 1.85. The molecular formula is C53H31NO2S. The number of fused-ring (bicyclic) bond motifs is 9. The van der Waals surface area contributed by atoms with Crippen molar-refractivity contribution in [2.45, 2.75) is 0 Å². The van der Waals surface area contributed by atoms with Gasteiger partial charge in [0.25, 0.3) is 0 Å². The Morgan fingerprint density at radius 3 is 1.42 bits per heavy atom. The third-order valence-electron chi connectivity index (χ3n) is 11.3. The molecule has 8 aromatic carbocycles. The predicted octanol–water partition coefficient (Wildman–Crippen LogP) is 15.6. The maximum absolute atomic E-state index is 6.27. The van der Waals surface area contributed by atoms with Gasteiger partial charge in [-0.15, -0.1) is 11.3 Å². The van der Waals surface area contributed by atoms with Gasteiger partial charge >= 0.3 is 0 Å². The van der Waals surface area contributed by atoms with Crippen molar-refractivity contribution in [3.05, 3.63) is 188 Å². The smallest absolute Gasteiger partial charge is 0.227 e. The van der Waals surface area contributed by atoms with Gasteiger partial charge in [0.2, 0.25) is 5.71 Å². The Morgan fingerprint density at radius 2 is 0.754 bits per heavy atom. The van der Waals surface area contributed by atoms with E-state index < -0.39 is 0 Å². The maximum atomic E-state index is 6.27. The average Bonchev–Trinajstić information content (AvgIpc) is 3.96. The lowest BCUT2D eigenvalue weighted by atomic mass is 9.95. The second-order valence-corrected chi connectivity index (χ2v) is 15.8. The van der Waals surface area contributed by atoms with E-state index >= 15 is 0 Å². The van der Waals surface area contributed by atoms with E-state index in [1.54, 1.807) is 0 Å². The number of hydrogen-bond donors (Lipinski definition) is 0. The van der Waals surface area contributed by atoms with E-state index in [4.69, 9.17) is 13.8 Å². The molecule has 4 aromatic heterocycles. The van der Waals surface area contributed by atoms with Gasteiger partial charge in [0.05, 0.1) is 0 Å². The molecule has 0 aliphatic rings. The number of benzene rings is 8. The van der Waals surface area contributed by atoms with E-state index in [1.807, 2.05) is 29.7 Å². The molecule has 0 saturated carbocycles. The maximum Gasteiger partial charge on any atom is 0.227 e. The molecule has 12 rings (SSSR count). The first-order chi connectivity index (χ1) is 28.2. The monoisotopic (exact) mass is 745 g/mol. The summed E-state index contributed by atoms with van der Waals surface area (Å²) < 4.78 is 15.0. The molecule has 0 spiro atoms. The van der Waals surface area contributed by atoms with E-state index in [9.17, 15) is 0 Å². The minimum Gasteiger partial charge on any atom is -0.456 e. The van der Waals surface area contributed by atoms with Gasteiger partial charge in [0.15, 0.2) is 0 Å². The lowest BCUT2D eigenvalue weighted by molar-refractivity contribution is 0.654. The van der Waals surface area contributed by atoms with Crippen LogP contribution in [-0.4, -0.2) is 4.98 Å². The molecule has 0 aliphatic carbocycles. The van der Waals surface area contributed by atoms with Crippen molar-refractivity contribution in [3.8, 4) is 55.6 Å². The van der Waals surface area contributed by atoms with Gasteiger partial charge in [0, 0.05) is 53.5 Å². The molecule has 0 saturated heterocycles. The van der Waals surface area contributed by atoms with Crippen LogP contribution in [0.2, 0.25) is 0 Å². The molecule has 0 radical (unpaired) electrons. The molecule has 0 atom stereocenters. The molecule has 3 nitrogen and oxygen atoms in total. The average molecular weight is 746 g/mol. The second-order valence-electron chi connectivity index (χ2n) is 14.8. The highest BCUT2D eigenvalue weighted by Gasteiger charge is 2.14. The predicted molar refractivity (Wildman–Crippen MR) is 239 cm³/mol. The van der Waals surface area contributed by atoms with E-state index in [0.717, 1.165) is 71.7 Å². The fourth-order valence-corrected chi connectivity index (χ4v) is 9.53. The molecule has 0 bridgehead atoms. The van der Waals surface area contributed by atoms with Crippen molar-refractivity contribution in [1.29, 1.82) is 0 Å². The molecule has 0 amide bonds. The Labute approximate surface area is 331 Å². The Bertz CT molecular complexity index is 3550. The number of furan rings is 2.